The van der Waals surface area contributed by atoms with Gasteiger partial charge in [-0.3, -0.25) is 0 Å². The average Bonchev–Trinajstić information content (AvgIpc) is 1.93. The second-order valence-electron chi connectivity index (χ2n) is 7.28. The van der Waals surface area contributed by atoms with Crippen LogP contribution in [0.3, 0.4) is 0 Å². The van der Waals surface area contributed by atoms with Crippen molar-refractivity contribution in [1.29, 1.82) is 0 Å². The van der Waals surface area contributed by atoms with Crippen LogP contribution in [0.4, 0.5) is 0 Å². The third kappa shape index (κ3) is 2.32. The van der Waals surface area contributed by atoms with Crippen molar-refractivity contribution in [3.8, 4) is 0 Å². The van der Waals surface area contributed by atoms with Gasteiger partial charge in [-0.25, -0.2) is 0 Å². The van der Waals surface area contributed by atoms with Crippen LogP contribution in [0.5, 0.6) is 0 Å². The molecule has 84 valence electrons. The molecule has 0 aromatic carbocycles. The maximum Gasteiger partial charge on any atom is -0.0326 e. The van der Waals surface area contributed by atoms with Gasteiger partial charge in [-0.15, -0.1) is 0 Å². The van der Waals surface area contributed by atoms with Gasteiger partial charge in [0.25, 0.3) is 0 Å². The highest BCUT2D eigenvalue weighted by Crippen LogP contribution is 2.50. The van der Waals surface area contributed by atoms with E-state index in [2.05, 4.69) is 48.5 Å². The molecule has 14 heavy (non-hydrogen) atoms. The molecule has 0 aromatic heterocycles. The quantitative estimate of drug-likeness (QED) is 0.525. The number of hydrogen-bond donors (Lipinski definition) is 0. The van der Waals surface area contributed by atoms with Gasteiger partial charge in [-0.1, -0.05) is 48.5 Å². The van der Waals surface area contributed by atoms with Gasteiger partial charge in [0.1, 0.15) is 0 Å². The first kappa shape index (κ1) is 12.1. The summed E-state index contributed by atoms with van der Waals surface area (Å²) in [5, 5.41) is 0. The summed E-state index contributed by atoms with van der Waals surface area (Å²) in [6.07, 6.45) is 2.81. The largest absolute Gasteiger partial charge is 0.0622 e. The molecule has 1 aliphatic carbocycles. The van der Waals surface area contributed by atoms with Crippen LogP contribution in [-0.2, 0) is 0 Å². The van der Waals surface area contributed by atoms with Crippen LogP contribution in [0, 0.1) is 28.6 Å². The predicted molar refractivity (Wildman–Crippen MR) is 64.3 cm³/mol. The fourth-order valence-electron chi connectivity index (χ4n) is 3.31. The van der Waals surface area contributed by atoms with E-state index >= 15 is 0 Å². The Morgan fingerprint density at radius 1 is 1.07 bits per heavy atom. The Morgan fingerprint density at radius 2 is 1.57 bits per heavy atom. The van der Waals surface area contributed by atoms with E-state index < -0.39 is 0 Å². The fourth-order valence-corrected chi connectivity index (χ4v) is 3.31. The van der Waals surface area contributed by atoms with Gasteiger partial charge in [0, 0.05) is 0 Å². The lowest BCUT2D eigenvalue weighted by molar-refractivity contribution is 0.0114. The van der Waals surface area contributed by atoms with Gasteiger partial charge >= 0.3 is 0 Å². The van der Waals surface area contributed by atoms with Gasteiger partial charge in [0.2, 0.25) is 0 Å². The standard InChI is InChI=1S/C14H28/c1-10-9-14(6,7)11(2)8-12(10)13(3,4)5/h10-12H,8-9H2,1-7H3. The molecule has 0 amide bonds. The van der Waals surface area contributed by atoms with E-state index in [0.29, 0.717) is 10.8 Å². The van der Waals surface area contributed by atoms with E-state index in [1.54, 1.807) is 0 Å². The molecule has 0 N–H and O–H groups in total. The van der Waals surface area contributed by atoms with Gasteiger partial charge in [-0.05, 0) is 41.4 Å². The van der Waals surface area contributed by atoms with Crippen LogP contribution in [0.15, 0.2) is 0 Å². The molecule has 0 aliphatic heterocycles. The van der Waals surface area contributed by atoms with Gasteiger partial charge < -0.3 is 0 Å². The molecule has 1 fully saturated rings. The Bertz CT molecular complexity index is 195. The molecule has 0 saturated heterocycles. The summed E-state index contributed by atoms with van der Waals surface area (Å²) in [7, 11) is 0. The first-order chi connectivity index (χ1) is 6.14. The molecule has 0 spiro atoms. The first-order valence-electron chi connectivity index (χ1n) is 6.14. The molecule has 0 heteroatoms. The topological polar surface area (TPSA) is 0 Å². The third-order valence-corrected chi connectivity index (χ3v) is 4.59. The lowest BCUT2D eigenvalue weighted by atomic mass is 9.57. The second-order valence-corrected chi connectivity index (χ2v) is 7.28. The maximum absolute atomic E-state index is 2.45. The molecular formula is C14H28. The number of rotatable bonds is 0. The monoisotopic (exact) mass is 196 g/mol. The molecule has 1 saturated carbocycles. The van der Waals surface area contributed by atoms with E-state index in [1.807, 2.05) is 0 Å². The SMILES string of the molecule is CC1CC(C)(C)C(C)CC1C(C)(C)C. The summed E-state index contributed by atoms with van der Waals surface area (Å²) in [4.78, 5) is 0. The lowest BCUT2D eigenvalue weighted by Crippen LogP contribution is -2.40. The molecule has 0 bridgehead atoms. The Balaban J connectivity index is 2.77. The van der Waals surface area contributed by atoms with Crippen LogP contribution in [-0.4, -0.2) is 0 Å². The zero-order valence-corrected chi connectivity index (χ0v) is 11.1. The molecule has 1 aliphatic rings. The Morgan fingerprint density at radius 3 is 2.00 bits per heavy atom. The van der Waals surface area contributed by atoms with Crippen LogP contribution in [0.2, 0.25) is 0 Å². The van der Waals surface area contributed by atoms with Crippen molar-refractivity contribution in [1.82, 2.24) is 0 Å². The number of hydrogen-bond acceptors (Lipinski definition) is 0. The van der Waals surface area contributed by atoms with Gasteiger partial charge in [0.15, 0.2) is 0 Å². The smallest absolute Gasteiger partial charge is 0.0326 e. The summed E-state index contributed by atoms with van der Waals surface area (Å²) in [6, 6.07) is 0. The molecule has 0 heterocycles. The molecule has 3 unspecified atom stereocenters. The minimum Gasteiger partial charge on any atom is -0.0622 e. The Kier molecular flexibility index (Phi) is 3.05. The molecule has 0 aromatic rings. The lowest BCUT2D eigenvalue weighted by Gasteiger charge is -2.49. The van der Waals surface area contributed by atoms with Gasteiger partial charge in [0.05, 0.1) is 0 Å². The molecule has 1 rings (SSSR count). The van der Waals surface area contributed by atoms with Crippen molar-refractivity contribution in [2.45, 2.75) is 61.3 Å². The zero-order chi connectivity index (χ0) is 11.1. The summed E-state index contributed by atoms with van der Waals surface area (Å²) in [6.45, 7) is 17.0. The second kappa shape index (κ2) is 3.54. The molecule has 0 nitrogen and oxygen atoms in total. The minimum atomic E-state index is 0.490. The van der Waals surface area contributed by atoms with Crippen LogP contribution in [0.25, 0.3) is 0 Å². The normalized spacial score (nSPS) is 38.4. The summed E-state index contributed by atoms with van der Waals surface area (Å²) in [5.41, 5.74) is 1.05. The summed E-state index contributed by atoms with van der Waals surface area (Å²) in [5.74, 6) is 2.68. The minimum absolute atomic E-state index is 0.490. The van der Waals surface area contributed by atoms with E-state index in [-0.39, 0.29) is 0 Å². The van der Waals surface area contributed by atoms with Crippen molar-refractivity contribution in [3.05, 3.63) is 0 Å². The Hall–Kier alpha value is 0. The summed E-state index contributed by atoms with van der Waals surface area (Å²) < 4.78 is 0. The van der Waals surface area contributed by atoms with E-state index in [4.69, 9.17) is 0 Å². The predicted octanol–water partition coefficient (Wildman–Crippen LogP) is 4.74. The maximum atomic E-state index is 2.45. The Labute approximate surface area is 90.5 Å². The van der Waals surface area contributed by atoms with Crippen molar-refractivity contribution in [2.75, 3.05) is 0 Å². The molecule has 0 radical (unpaired) electrons. The third-order valence-electron chi connectivity index (χ3n) is 4.59. The van der Waals surface area contributed by atoms with Crippen molar-refractivity contribution in [3.63, 3.8) is 0 Å². The van der Waals surface area contributed by atoms with Crippen LogP contribution >= 0.6 is 0 Å². The summed E-state index contributed by atoms with van der Waals surface area (Å²) >= 11 is 0. The highest BCUT2D eigenvalue weighted by molar-refractivity contribution is 4.91. The van der Waals surface area contributed by atoms with Crippen LogP contribution < -0.4 is 0 Å². The fraction of sp³-hybridized carbons (Fsp3) is 1.00. The van der Waals surface area contributed by atoms with Crippen molar-refractivity contribution >= 4 is 0 Å². The van der Waals surface area contributed by atoms with Crippen LogP contribution in [0.1, 0.15) is 61.3 Å². The highest BCUT2D eigenvalue weighted by Gasteiger charge is 2.41. The first-order valence-corrected chi connectivity index (χ1v) is 6.14. The molecule has 3 atom stereocenters. The average molecular weight is 196 g/mol. The van der Waals surface area contributed by atoms with Crippen molar-refractivity contribution < 1.29 is 0 Å². The van der Waals surface area contributed by atoms with Gasteiger partial charge in [-0.2, -0.15) is 0 Å². The van der Waals surface area contributed by atoms with Crippen molar-refractivity contribution in [2.24, 2.45) is 28.6 Å². The highest BCUT2D eigenvalue weighted by atomic mass is 14.5. The van der Waals surface area contributed by atoms with E-state index in [9.17, 15) is 0 Å². The van der Waals surface area contributed by atoms with E-state index in [0.717, 1.165) is 17.8 Å². The molecular weight excluding hydrogens is 168 g/mol. The zero-order valence-electron chi connectivity index (χ0n) is 11.1. The van der Waals surface area contributed by atoms with E-state index in [1.165, 1.54) is 12.8 Å².